The van der Waals surface area contributed by atoms with Gasteiger partial charge in [-0.2, -0.15) is 9.97 Å². The lowest BCUT2D eigenvalue weighted by molar-refractivity contribution is -0.0569. The highest BCUT2D eigenvalue weighted by molar-refractivity contribution is 7.57. The Bertz CT molecular complexity index is 873. The summed E-state index contributed by atoms with van der Waals surface area (Å²) in [6.45, 7) is 4.16. The lowest BCUT2D eigenvalue weighted by Gasteiger charge is -2.31. The van der Waals surface area contributed by atoms with Crippen molar-refractivity contribution in [3.8, 4) is 0 Å². The monoisotopic (exact) mass is 405 g/mol. The van der Waals surface area contributed by atoms with Crippen LogP contribution in [0.1, 0.15) is 13.2 Å². The first-order valence-corrected chi connectivity index (χ1v) is 10.8. The van der Waals surface area contributed by atoms with E-state index >= 15 is 0 Å². The Morgan fingerprint density at radius 2 is 2.19 bits per heavy atom. The molecule has 144 valence electrons. The van der Waals surface area contributed by atoms with Gasteiger partial charge in [0, 0.05) is 13.3 Å². The summed E-state index contributed by atoms with van der Waals surface area (Å²) in [6.07, 6.45) is -1.25. The van der Waals surface area contributed by atoms with Crippen LogP contribution in [-0.4, -0.2) is 68.5 Å². The third kappa shape index (κ3) is 3.33. The van der Waals surface area contributed by atoms with E-state index in [9.17, 15) is 14.8 Å². The molecule has 12 heteroatoms. The Morgan fingerprint density at radius 3 is 2.81 bits per heavy atom. The van der Waals surface area contributed by atoms with Gasteiger partial charge in [-0.15, -0.1) is 0 Å². The van der Waals surface area contributed by atoms with Gasteiger partial charge in [0.25, 0.3) is 0 Å². The molecule has 0 spiro atoms. The fraction of sp³-hybridized carbons (Fsp3) is 0.643. The number of nitrogens with two attached hydrogens (primary N) is 1. The molecule has 3 heterocycles. The van der Waals surface area contributed by atoms with Gasteiger partial charge in [0.2, 0.25) is 5.28 Å². The van der Waals surface area contributed by atoms with Gasteiger partial charge in [0.05, 0.1) is 31.1 Å². The summed E-state index contributed by atoms with van der Waals surface area (Å²) in [5.74, 6) is 0.112. The highest BCUT2D eigenvalue weighted by Crippen LogP contribution is 2.47. The van der Waals surface area contributed by atoms with E-state index in [2.05, 4.69) is 15.0 Å². The molecular formula is C14H21ClN5O5P. The molecule has 0 aliphatic carbocycles. The van der Waals surface area contributed by atoms with Crippen LogP contribution >= 0.6 is 19.0 Å². The molecule has 1 fully saturated rings. The van der Waals surface area contributed by atoms with E-state index in [0.29, 0.717) is 11.2 Å². The molecule has 2 aromatic rings. The van der Waals surface area contributed by atoms with E-state index in [1.165, 1.54) is 24.2 Å². The van der Waals surface area contributed by atoms with E-state index in [1.54, 1.807) is 6.92 Å². The number of aliphatic hydroxyl groups excluding tert-OH is 2. The van der Waals surface area contributed by atoms with Crippen molar-refractivity contribution in [1.82, 2.24) is 19.5 Å². The molecular weight excluding hydrogens is 385 g/mol. The zero-order valence-electron chi connectivity index (χ0n) is 14.5. The second-order valence-corrected chi connectivity index (χ2v) is 9.99. The summed E-state index contributed by atoms with van der Waals surface area (Å²) in [5.41, 5.74) is 5.38. The number of rotatable bonds is 5. The van der Waals surface area contributed by atoms with Crippen molar-refractivity contribution >= 4 is 36.0 Å². The molecule has 4 N–H and O–H groups in total. The molecule has 4 atom stereocenters. The largest absolute Gasteiger partial charge is 0.396 e. The van der Waals surface area contributed by atoms with Crippen molar-refractivity contribution in [3.05, 3.63) is 11.6 Å². The van der Waals surface area contributed by atoms with Crippen molar-refractivity contribution in [3.63, 3.8) is 0 Å². The van der Waals surface area contributed by atoms with Crippen molar-refractivity contribution < 1.29 is 24.0 Å². The summed E-state index contributed by atoms with van der Waals surface area (Å²) < 4.78 is 24.6. The van der Waals surface area contributed by atoms with Gasteiger partial charge in [-0.3, -0.25) is 9.13 Å². The number of aliphatic hydroxyl groups is 2. The van der Waals surface area contributed by atoms with E-state index in [1.807, 2.05) is 0 Å². The molecule has 1 saturated heterocycles. The normalized spacial score (nSPS) is 29.5. The average Bonchev–Trinajstić information content (AvgIpc) is 3.06. The molecule has 0 bridgehead atoms. The smallest absolute Gasteiger partial charge is 0.226 e. The van der Waals surface area contributed by atoms with Gasteiger partial charge in [-0.05, 0) is 11.6 Å². The maximum atomic E-state index is 11.8. The standard InChI is InChI=1S/C14H21ClN5O5P/c1-14(5-21)9(22)7(4-24-26(2,3)23)25-12(14)20-6-17-8-10(16)18-13(15)19-11(8)20/h6-7,9,12,21-22H,4-5H2,1-3H3,(H2,16,18,19)/t7-,9?,12-,14+/m1/s1. The van der Waals surface area contributed by atoms with Crippen molar-refractivity contribution in [2.45, 2.75) is 25.4 Å². The molecule has 26 heavy (non-hydrogen) atoms. The topological polar surface area (TPSA) is 146 Å². The third-order valence-electron chi connectivity index (χ3n) is 4.46. The quantitative estimate of drug-likeness (QED) is 0.487. The number of nitrogen functional groups attached to an aromatic ring is 1. The highest BCUT2D eigenvalue weighted by atomic mass is 35.5. The summed E-state index contributed by atoms with van der Waals surface area (Å²) in [5, 5.41) is 20.6. The van der Waals surface area contributed by atoms with Crippen LogP contribution in [0.5, 0.6) is 0 Å². The molecule has 10 nitrogen and oxygen atoms in total. The zero-order valence-corrected chi connectivity index (χ0v) is 16.2. The molecule has 0 radical (unpaired) electrons. The highest BCUT2D eigenvalue weighted by Gasteiger charge is 2.54. The molecule has 1 aliphatic heterocycles. The number of anilines is 1. The molecule has 3 rings (SSSR count). The third-order valence-corrected chi connectivity index (χ3v) is 5.40. The fourth-order valence-electron chi connectivity index (χ4n) is 2.99. The lowest BCUT2D eigenvalue weighted by Crippen LogP contribution is -2.41. The van der Waals surface area contributed by atoms with Crippen molar-refractivity contribution in [2.24, 2.45) is 5.41 Å². The molecule has 0 aromatic carbocycles. The minimum atomic E-state index is -2.75. The van der Waals surface area contributed by atoms with Crippen LogP contribution in [0, 0.1) is 5.41 Å². The number of nitrogens with zero attached hydrogens (tertiary/aromatic N) is 4. The minimum absolute atomic E-state index is 0.0567. The van der Waals surface area contributed by atoms with Gasteiger partial charge in [0.15, 0.2) is 18.8 Å². The molecule has 2 aromatic heterocycles. The Morgan fingerprint density at radius 1 is 1.50 bits per heavy atom. The van der Waals surface area contributed by atoms with Crippen LogP contribution in [0.25, 0.3) is 11.2 Å². The van der Waals surface area contributed by atoms with Gasteiger partial charge < -0.3 is 25.2 Å². The first-order chi connectivity index (χ1) is 12.1. The predicted octanol–water partition coefficient (Wildman–Crippen LogP) is 0.873. The number of aromatic nitrogens is 4. The van der Waals surface area contributed by atoms with Gasteiger partial charge >= 0.3 is 0 Å². The van der Waals surface area contributed by atoms with Crippen LogP contribution < -0.4 is 5.73 Å². The van der Waals surface area contributed by atoms with Gasteiger partial charge in [-0.25, -0.2) is 4.98 Å². The number of ether oxygens (including phenoxy) is 1. The number of halogens is 1. The Labute approximate surface area is 154 Å². The summed E-state index contributed by atoms with van der Waals surface area (Å²) in [7, 11) is -2.75. The second-order valence-electron chi connectivity index (χ2n) is 6.89. The van der Waals surface area contributed by atoms with Crippen LogP contribution in [-0.2, 0) is 13.8 Å². The second kappa shape index (κ2) is 6.70. The summed E-state index contributed by atoms with van der Waals surface area (Å²) in [6, 6.07) is 0. The van der Waals surface area contributed by atoms with Crippen LogP contribution in [0.15, 0.2) is 6.33 Å². The van der Waals surface area contributed by atoms with Crippen LogP contribution in [0.2, 0.25) is 5.28 Å². The Balaban J connectivity index is 2.00. The molecule has 1 aliphatic rings. The van der Waals surface area contributed by atoms with E-state index in [4.69, 9.17) is 26.6 Å². The number of fused-ring (bicyclic) bond motifs is 1. The first-order valence-electron chi connectivity index (χ1n) is 7.86. The minimum Gasteiger partial charge on any atom is -0.396 e. The maximum Gasteiger partial charge on any atom is 0.226 e. The Kier molecular flexibility index (Phi) is 5.02. The SMILES string of the molecule is C[C@]1(CO)C(O)[C@@H](COP(C)(C)=O)O[C@H]1n1cnc2c(N)nc(Cl)nc21. The van der Waals surface area contributed by atoms with Gasteiger partial charge in [-0.1, -0.05) is 6.92 Å². The number of hydrogen-bond acceptors (Lipinski definition) is 9. The van der Waals surface area contributed by atoms with Crippen LogP contribution in [0.4, 0.5) is 5.82 Å². The van der Waals surface area contributed by atoms with Crippen molar-refractivity contribution in [2.75, 3.05) is 32.3 Å². The fourth-order valence-corrected chi connectivity index (χ4v) is 3.66. The predicted molar refractivity (Wildman–Crippen MR) is 95.3 cm³/mol. The molecule has 1 unspecified atom stereocenters. The lowest BCUT2D eigenvalue weighted by atomic mass is 9.83. The van der Waals surface area contributed by atoms with Gasteiger partial charge in [0.1, 0.15) is 17.8 Å². The molecule has 0 amide bonds. The van der Waals surface area contributed by atoms with E-state index < -0.39 is 31.2 Å². The van der Waals surface area contributed by atoms with E-state index in [0.717, 1.165) is 0 Å². The zero-order chi connectivity index (χ0) is 19.3. The maximum absolute atomic E-state index is 11.8. The average molecular weight is 406 g/mol. The first kappa shape index (κ1) is 19.5. The Hall–Kier alpha value is -1.29. The number of hydrogen-bond donors (Lipinski definition) is 3. The number of imidazole rings is 1. The summed E-state index contributed by atoms with van der Waals surface area (Å²) >= 11 is 5.89. The van der Waals surface area contributed by atoms with Crippen molar-refractivity contribution in [1.29, 1.82) is 0 Å². The summed E-state index contributed by atoms with van der Waals surface area (Å²) in [4.78, 5) is 12.2. The molecule has 0 saturated carbocycles. The van der Waals surface area contributed by atoms with E-state index in [-0.39, 0.29) is 24.3 Å². The van der Waals surface area contributed by atoms with Crippen LogP contribution in [0.3, 0.4) is 0 Å².